The number of rotatable bonds is 3. The average molecular weight is 425 g/mol. The summed E-state index contributed by atoms with van der Waals surface area (Å²) < 4.78 is 5.61. The van der Waals surface area contributed by atoms with Gasteiger partial charge in [-0.15, -0.1) is 0 Å². The van der Waals surface area contributed by atoms with Crippen molar-refractivity contribution in [1.82, 2.24) is 20.0 Å². The normalized spacial score (nSPS) is 19.0. The van der Waals surface area contributed by atoms with E-state index in [0.717, 1.165) is 36.9 Å². The first-order chi connectivity index (χ1) is 14.8. The second kappa shape index (κ2) is 8.46. The maximum Gasteiger partial charge on any atom is 0.410 e. The van der Waals surface area contributed by atoms with Gasteiger partial charge < -0.3 is 9.64 Å². The average Bonchev–Trinajstić information content (AvgIpc) is 3.19. The van der Waals surface area contributed by atoms with Gasteiger partial charge >= 0.3 is 6.09 Å². The standard InChI is InChI=1S/C24H32N4O3/c1-23(2,3)31-22(30)27-13-14-28(24(17-27)11-7-8-12-24)16-20-21(29)15-19(25-26-20)18-9-5-4-6-10-18/h4-6,9-10,15H,7-8,11-14,16-17H2,1-3H3,(H,25,29). The number of aromatic nitrogens is 2. The van der Waals surface area contributed by atoms with Crippen LogP contribution in [-0.4, -0.2) is 56.9 Å². The zero-order valence-corrected chi connectivity index (χ0v) is 18.7. The van der Waals surface area contributed by atoms with Crippen molar-refractivity contribution >= 4 is 6.09 Å². The number of hydrogen-bond acceptors (Lipinski definition) is 5. The summed E-state index contributed by atoms with van der Waals surface area (Å²) in [5, 5.41) is 7.48. The number of H-pyrrole nitrogens is 1. The number of benzene rings is 1. The molecule has 2 aliphatic rings. The number of carbonyl (C=O) groups excluding carboxylic acids is 1. The fourth-order valence-corrected chi connectivity index (χ4v) is 4.74. The van der Waals surface area contributed by atoms with Crippen molar-refractivity contribution in [2.45, 2.75) is 64.1 Å². The Bertz CT molecular complexity index is 974. The van der Waals surface area contributed by atoms with Crippen molar-refractivity contribution in [2.24, 2.45) is 0 Å². The highest BCUT2D eigenvalue weighted by atomic mass is 16.6. The second-order valence-corrected chi connectivity index (χ2v) is 9.71. The maximum atomic E-state index is 12.8. The lowest BCUT2D eigenvalue weighted by atomic mass is 9.91. The smallest absolute Gasteiger partial charge is 0.410 e. The lowest BCUT2D eigenvalue weighted by Crippen LogP contribution is -2.62. The number of nitrogens with zero attached hydrogens (tertiary/aromatic N) is 3. The molecule has 1 N–H and O–H groups in total. The summed E-state index contributed by atoms with van der Waals surface area (Å²) in [6.07, 6.45) is 4.06. The molecular weight excluding hydrogens is 392 g/mol. The summed E-state index contributed by atoms with van der Waals surface area (Å²) in [5.41, 5.74) is 1.52. The molecule has 1 saturated heterocycles. The summed E-state index contributed by atoms with van der Waals surface area (Å²) in [4.78, 5) is 29.7. The van der Waals surface area contributed by atoms with Crippen molar-refractivity contribution in [2.75, 3.05) is 19.6 Å². The minimum Gasteiger partial charge on any atom is -0.444 e. The molecular formula is C24H32N4O3. The summed E-state index contributed by atoms with van der Waals surface area (Å²) in [5.74, 6) is 0. The number of ether oxygens (including phenoxy) is 1. The van der Waals surface area contributed by atoms with Crippen LogP contribution in [0.3, 0.4) is 0 Å². The number of aromatic amines is 1. The van der Waals surface area contributed by atoms with Crippen molar-refractivity contribution in [3.05, 3.63) is 52.3 Å². The minimum atomic E-state index is -0.505. The van der Waals surface area contributed by atoms with Crippen LogP contribution in [0.15, 0.2) is 41.2 Å². The summed E-state index contributed by atoms with van der Waals surface area (Å²) in [6.45, 7) is 8.11. The molecule has 1 aliphatic carbocycles. The van der Waals surface area contributed by atoms with Gasteiger partial charge in [-0.25, -0.2) is 4.79 Å². The van der Waals surface area contributed by atoms with E-state index in [1.54, 1.807) is 6.07 Å². The van der Waals surface area contributed by atoms with E-state index in [1.807, 2.05) is 56.0 Å². The zero-order chi connectivity index (χ0) is 22.1. The molecule has 2 aromatic rings. The Balaban J connectivity index is 1.51. The fraction of sp³-hybridized carbons (Fsp3) is 0.542. The van der Waals surface area contributed by atoms with E-state index in [9.17, 15) is 9.59 Å². The molecule has 0 atom stereocenters. The van der Waals surface area contributed by atoms with Gasteiger partial charge in [0.2, 0.25) is 5.43 Å². The van der Waals surface area contributed by atoms with Crippen LogP contribution >= 0.6 is 0 Å². The highest BCUT2D eigenvalue weighted by Crippen LogP contribution is 2.39. The quantitative estimate of drug-likeness (QED) is 0.811. The van der Waals surface area contributed by atoms with Crippen LogP contribution in [0.25, 0.3) is 11.3 Å². The molecule has 1 aromatic carbocycles. The first-order valence-corrected chi connectivity index (χ1v) is 11.1. The number of piperazine rings is 1. The highest BCUT2D eigenvalue weighted by molar-refractivity contribution is 5.68. The van der Waals surface area contributed by atoms with E-state index in [2.05, 4.69) is 15.1 Å². The van der Waals surface area contributed by atoms with Crippen LogP contribution in [0, 0.1) is 0 Å². The van der Waals surface area contributed by atoms with Crippen LogP contribution < -0.4 is 5.43 Å². The van der Waals surface area contributed by atoms with E-state index in [-0.39, 0.29) is 17.1 Å². The van der Waals surface area contributed by atoms with Crippen LogP contribution in [-0.2, 0) is 11.3 Å². The zero-order valence-electron chi connectivity index (χ0n) is 18.7. The predicted molar refractivity (Wildman–Crippen MR) is 120 cm³/mol. The topological polar surface area (TPSA) is 78.5 Å². The van der Waals surface area contributed by atoms with E-state index >= 15 is 0 Å². The Hall–Kier alpha value is -2.67. The van der Waals surface area contributed by atoms with Crippen LogP contribution in [0.1, 0.15) is 52.1 Å². The van der Waals surface area contributed by atoms with Crippen molar-refractivity contribution in [3.63, 3.8) is 0 Å². The van der Waals surface area contributed by atoms with E-state index in [1.165, 1.54) is 0 Å². The molecule has 0 unspecified atom stereocenters. The minimum absolute atomic E-state index is 0.0553. The third-order valence-electron chi connectivity index (χ3n) is 6.28. The number of nitrogens with one attached hydrogen (secondary N) is 1. The molecule has 4 rings (SSSR count). The van der Waals surface area contributed by atoms with Gasteiger partial charge in [0.1, 0.15) is 11.3 Å². The molecule has 1 saturated carbocycles. The molecule has 1 aromatic heterocycles. The summed E-state index contributed by atoms with van der Waals surface area (Å²) in [6, 6.07) is 11.4. The lowest BCUT2D eigenvalue weighted by Gasteiger charge is -2.49. The molecule has 7 nitrogen and oxygen atoms in total. The van der Waals surface area contributed by atoms with E-state index in [4.69, 9.17) is 4.74 Å². The molecule has 1 spiro atoms. The van der Waals surface area contributed by atoms with Gasteiger partial charge in [0.25, 0.3) is 0 Å². The van der Waals surface area contributed by atoms with Gasteiger partial charge in [0, 0.05) is 37.8 Å². The molecule has 0 bridgehead atoms. The first kappa shape index (κ1) is 21.6. The number of amides is 1. The Kier molecular flexibility index (Phi) is 5.88. The van der Waals surface area contributed by atoms with Crippen molar-refractivity contribution in [3.8, 4) is 11.3 Å². The molecule has 0 radical (unpaired) electrons. The van der Waals surface area contributed by atoms with E-state index < -0.39 is 5.60 Å². The first-order valence-electron chi connectivity index (χ1n) is 11.1. The van der Waals surface area contributed by atoms with Crippen molar-refractivity contribution < 1.29 is 9.53 Å². The summed E-state index contributed by atoms with van der Waals surface area (Å²) >= 11 is 0. The molecule has 31 heavy (non-hydrogen) atoms. The Morgan fingerprint density at radius 1 is 1.16 bits per heavy atom. The predicted octanol–water partition coefficient (Wildman–Crippen LogP) is 3.80. The SMILES string of the molecule is CC(C)(C)OC(=O)N1CCN(Cc2n[nH]c(-c3ccccc3)cc2=O)C2(CCCC2)C1. The van der Waals surface area contributed by atoms with Gasteiger partial charge in [0.05, 0.1) is 5.69 Å². The Morgan fingerprint density at radius 2 is 1.87 bits per heavy atom. The molecule has 2 fully saturated rings. The molecule has 166 valence electrons. The number of hydrogen-bond donors (Lipinski definition) is 1. The van der Waals surface area contributed by atoms with E-state index in [0.29, 0.717) is 31.9 Å². The molecule has 7 heteroatoms. The van der Waals surface area contributed by atoms with Gasteiger partial charge in [-0.2, -0.15) is 5.10 Å². The molecule has 2 heterocycles. The van der Waals surface area contributed by atoms with Gasteiger partial charge in [0.15, 0.2) is 0 Å². The summed E-state index contributed by atoms with van der Waals surface area (Å²) in [7, 11) is 0. The third-order valence-corrected chi connectivity index (χ3v) is 6.28. The Labute approximate surface area is 183 Å². The lowest BCUT2D eigenvalue weighted by molar-refractivity contribution is -0.0283. The van der Waals surface area contributed by atoms with Gasteiger partial charge in [-0.05, 0) is 39.2 Å². The van der Waals surface area contributed by atoms with Gasteiger partial charge in [-0.1, -0.05) is 43.2 Å². The highest BCUT2D eigenvalue weighted by Gasteiger charge is 2.45. The molecule has 1 aliphatic heterocycles. The maximum absolute atomic E-state index is 12.8. The largest absolute Gasteiger partial charge is 0.444 e. The number of carbonyl (C=O) groups is 1. The monoisotopic (exact) mass is 424 g/mol. The van der Waals surface area contributed by atoms with Crippen LogP contribution in [0.5, 0.6) is 0 Å². The van der Waals surface area contributed by atoms with Crippen molar-refractivity contribution in [1.29, 1.82) is 0 Å². The van der Waals surface area contributed by atoms with Crippen LogP contribution in [0.4, 0.5) is 4.79 Å². The van der Waals surface area contributed by atoms with Gasteiger partial charge in [-0.3, -0.25) is 14.8 Å². The van der Waals surface area contributed by atoms with Crippen LogP contribution in [0.2, 0.25) is 0 Å². The third kappa shape index (κ3) is 4.82. The molecule has 1 amide bonds. The Morgan fingerprint density at radius 3 is 2.52 bits per heavy atom. The fourth-order valence-electron chi connectivity index (χ4n) is 4.74. The second-order valence-electron chi connectivity index (χ2n) is 9.71.